The normalized spacial score (nSPS) is 10.1. The van der Waals surface area contributed by atoms with Crippen molar-refractivity contribution in [3.05, 3.63) is 29.6 Å². The van der Waals surface area contributed by atoms with Gasteiger partial charge in [0.15, 0.2) is 0 Å². The number of pyridine rings is 2. The molecule has 0 atom stereocenters. The van der Waals surface area contributed by atoms with E-state index in [1.165, 1.54) is 6.20 Å². The Balaban J connectivity index is 2.83. The SMILES string of the molecule is CCc1c(O)cnc2ccc(C#N)nc12. The Morgan fingerprint density at radius 3 is 2.93 bits per heavy atom. The summed E-state index contributed by atoms with van der Waals surface area (Å²) in [6.45, 7) is 1.93. The van der Waals surface area contributed by atoms with Crippen LogP contribution in [0.2, 0.25) is 0 Å². The van der Waals surface area contributed by atoms with Crippen LogP contribution in [0.25, 0.3) is 11.0 Å². The van der Waals surface area contributed by atoms with Crippen LogP contribution in [0.1, 0.15) is 18.2 Å². The van der Waals surface area contributed by atoms with E-state index in [2.05, 4.69) is 9.97 Å². The summed E-state index contributed by atoms with van der Waals surface area (Å²) < 4.78 is 0. The van der Waals surface area contributed by atoms with Crippen LogP contribution >= 0.6 is 0 Å². The molecule has 4 heteroatoms. The van der Waals surface area contributed by atoms with E-state index in [0.717, 1.165) is 5.56 Å². The third-order valence-corrected chi connectivity index (χ3v) is 2.26. The summed E-state index contributed by atoms with van der Waals surface area (Å²) in [6, 6.07) is 5.32. The van der Waals surface area contributed by atoms with Gasteiger partial charge < -0.3 is 5.11 Å². The van der Waals surface area contributed by atoms with Gasteiger partial charge in [-0.3, -0.25) is 4.98 Å². The summed E-state index contributed by atoms with van der Waals surface area (Å²) in [5, 5.41) is 18.3. The number of nitriles is 1. The van der Waals surface area contributed by atoms with Crippen LogP contribution in [-0.4, -0.2) is 15.1 Å². The van der Waals surface area contributed by atoms with Crippen molar-refractivity contribution in [2.45, 2.75) is 13.3 Å². The number of rotatable bonds is 1. The van der Waals surface area contributed by atoms with Crippen molar-refractivity contribution in [2.75, 3.05) is 0 Å². The van der Waals surface area contributed by atoms with Gasteiger partial charge in [-0.25, -0.2) is 4.98 Å². The van der Waals surface area contributed by atoms with Crippen molar-refractivity contribution in [1.82, 2.24) is 9.97 Å². The van der Waals surface area contributed by atoms with E-state index in [1.807, 2.05) is 13.0 Å². The van der Waals surface area contributed by atoms with Gasteiger partial charge in [0.1, 0.15) is 17.5 Å². The van der Waals surface area contributed by atoms with Gasteiger partial charge in [0, 0.05) is 5.56 Å². The fourth-order valence-corrected chi connectivity index (χ4v) is 1.52. The van der Waals surface area contributed by atoms with Crippen LogP contribution in [0.5, 0.6) is 5.75 Å². The van der Waals surface area contributed by atoms with Crippen molar-refractivity contribution in [1.29, 1.82) is 5.26 Å². The summed E-state index contributed by atoms with van der Waals surface area (Å²) in [7, 11) is 0. The number of fused-ring (bicyclic) bond motifs is 1. The molecule has 4 nitrogen and oxygen atoms in total. The molecule has 0 saturated heterocycles. The molecule has 0 aromatic carbocycles. The van der Waals surface area contributed by atoms with Crippen molar-refractivity contribution in [2.24, 2.45) is 0 Å². The summed E-state index contributed by atoms with van der Waals surface area (Å²) in [5.41, 5.74) is 2.38. The zero-order valence-corrected chi connectivity index (χ0v) is 8.23. The molecular formula is C11H9N3O. The molecule has 2 aromatic heterocycles. The van der Waals surface area contributed by atoms with E-state index in [4.69, 9.17) is 5.26 Å². The van der Waals surface area contributed by atoms with E-state index in [1.54, 1.807) is 12.1 Å². The summed E-state index contributed by atoms with van der Waals surface area (Å²) in [6.07, 6.45) is 2.07. The minimum atomic E-state index is 0.132. The lowest BCUT2D eigenvalue weighted by atomic mass is 10.1. The van der Waals surface area contributed by atoms with Gasteiger partial charge in [0.25, 0.3) is 0 Å². The average Bonchev–Trinajstić information content (AvgIpc) is 2.28. The Kier molecular flexibility index (Phi) is 2.22. The largest absolute Gasteiger partial charge is 0.506 e. The standard InChI is InChI=1S/C11H9N3O/c1-2-8-10(15)6-13-9-4-3-7(5-12)14-11(8)9/h3-4,6,15H,2H2,1H3. The quantitative estimate of drug-likeness (QED) is 0.759. The molecular weight excluding hydrogens is 190 g/mol. The van der Waals surface area contributed by atoms with Crippen LogP contribution in [0.15, 0.2) is 18.3 Å². The lowest BCUT2D eigenvalue weighted by Crippen LogP contribution is -1.93. The Bertz CT molecular complexity index is 557. The van der Waals surface area contributed by atoms with Gasteiger partial charge in [-0.05, 0) is 18.6 Å². The van der Waals surface area contributed by atoms with Crippen LogP contribution in [0.3, 0.4) is 0 Å². The van der Waals surface area contributed by atoms with Gasteiger partial charge in [-0.2, -0.15) is 5.26 Å². The van der Waals surface area contributed by atoms with Crippen molar-refractivity contribution < 1.29 is 5.11 Å². The molecule has 2 rings (SSSR count). The fourth-order valence-electron chi connectivity index (χ4n) is 1.52. The first kappa shape index (κ1) is 9.41. The monoisotopic (exact) mass is 199 g/mol. The summed E-state index contributed by atoms with van der Waals surface area (Å²) in [5.74, 6) is 0.132. The fraction of sp³-hybridized carbons (Fsp3) is 0.182. The molecule has 1 N–H and O–H groups in total. The first-order valence-corrected chi connectivity index (χ1v) is 4.64. The van der Waals surface area contributed by atoms with Crippen molar-refractivity contribution in [3.63, 3.8) is 0 Å². The zero-order chi connectivity index (χ0) is 10.8. The zero-order valence-electron chi connectivity index (χ0n) is 8.23. The number of aromatic nitrogens is 2. The highest BCUT2D eigenvalue weighted by Gasteiger charge is 2.08. The highest BCUT2D eigenvalue weighted by Crippen LogP contribution is 2.24. The lowest BCUT2D eigenvalue weighted by Gasteiger charge is -2.04. The first-order valence-electron chi connectivity index (χ1n) is 4.64. The number of aromatic hydroxyl groups is 1. The van der Waals surface area contributed by atoms with E-state index in [-0.39, 0.29) is 5.75 Å². The highest BCUT2D eigenvalue weighted by molar-refractivity contribution is 5.80. The Labute approximate surface area is 86.8 Å². The predicted octanol–water partition coefficient (Wildman–Crippen LogP) is 1.77. The van der Waals surface area contributed by atoms with Crippen LogP contribution in [0, 0.1) is 11.3 Å². The predicted molar refractivity (Wildman–Crippen MR) is 55.3 cm³/mol. The first-order chi connectivity index (χ1) is 7.26. The van der Waals surface area contributed by atoms with Crippen LogP contribution in [0.4, 0.5) is 0 Å². The van der Waals surface area contributed by atoms with Crippen molar-refractivity contribution in [3.8, 4) is 11.8 Å². The Morgan fingerprint density at radius 2 is 2.27 bits per heavy atom. The number of nitrogens with zero attached hydrogens (tertiary/aromatic N) is 3. The van der Waals surface area contributed by atoms with E-state index >= 15 is 0 Å². The number of hydrogen-bond acceptors (Lipinski definition) is 4. The van der Waals surface area contributed by atoms with Gasteiger partial charge in [0.2, 0.25) is 0 Å². The molecule has 15 heavy (non-hydrogen) atoms. The summed E-state index contributed by atoms with van der Waals surface area (Å²) >= 11 is 0. The van der Waals surface area contributed by atoms with Crippen LogP contribution in [-0.2, 0) is 6.42 Å². The molecule has 0 fully saturated rings. The molecule has 0 bridgehead atoms. The molecule has 0 saturated carbocycles. The molecule has 2 aromatic rings. The molecule has 0 unspecified atom stereocenters. The molecule has 74 valence electrons. The maximum Gasteiger partial charge on any atom is 0.141 e. The van der Waals surface area contributed by atoms with Gasteiger partial charge in [-0.1, -0.05) is 6.92 Å². The van der Waals surface area contributed by atoms with Gasteiger partial charge >= 0.3 is 0 Å². The molecule has 0 radical (unpaired) electrons. The second-order valence-corrected chi connectivity index (χ2v) is 3.15. The Hall–Kier alpha value is -2.15. The highest BCUT2D eigenvalue weighted by atomic mass is 16.3. The Morgan fingerprint density at radius 1 is 1.47 bits per heavy atom. The summed E-state index contributed by atoms with van der Waals surface area (Å²) in [4.78, 5) is 8.18. The molecule has 2 heterocycles. The second-order valence-electron chi connectivity index (χ2n) is 3.15. The minimum Gasteiger partial charge on any atom is -0.506 e. The third-order valence-electron chi connectivity index (χ3n) is 2.26. The molecule has 0 spiro atoms. The van der Waals surface area contributed by atoms with E-state index < -0.39 is 0 Å². The van der Waals surface area contributed by atoms with Gasteiger partial charge in [-0.15, -0.1) is 0 Å². The van der Waals surface area contributed by atoms with E-state index in [9.17, 15) is 5.11 Å². The average molecular weight is 199 g/mol. The topological polar surface area (TPSA) is 69.8 Å². The minimum absolute atomic E-state index is 0.132. The van der Waals surface area contributed by atoms with Crippen LogP contribution < -0.4 is 0 Å². The maximum atomic E-state index is 9.59. The maximum absolute atomic E-state index is 9.59. The molecule has 0 aliphatic rings. The third kappa shape index (κ3) is 1.48. The number of aryl methyl sites for hydroxylation is 1. The molecule has 0 amide bonds. The number of hydrogen-bond donors (Lipinski definition) is 1. The van der Waals surface area contributed by atoms with E-state index in [0.29, 0.717) is 23.1 Å². The lowest BCUT2D eigenvalue weighted by molar-refractivity contribution is 0.467. The van der Waals surface area contributed by atoms with Gasteiger partial charge in [0.05, 0.1) is 17.2 Å². The second kappa shape index (κ2) is 3.54. The molecule has 0 aliphatic heterocycles. The van der Waals surface area contributed by atoms with Crippen molar-refractivity contribution >= 4 is 11.0 Å². The smallest absolute Gasteiger partial charge is 0.141 e. The molecule has 0 aliphatic carbocycles.